The molecule has 6 nitrogen and oxygen atoms in total. The molecular formula is C29H29N5OS. The molecule has 7 heteroatoms. The molecule has 5 aromatic rings. The first-order valence-corrected chi connectivity index (χ1v) is 13.3. The molecule has 0 fully saturated rings. The van der Waals surface area contributed by atoms with Crippen molar-refractivity contribution in [1.82, 2.24) is 25.1 Å². The second-order valence-electron chi connectivity index (χ2n) is 8.86. The van der Waals surface area contributed by atoms with Gasteiger partial charge in [-0.2, -0.15) is 0 Å². The van der Waals surface area contributed by atoms with Crippen molar-refractivity contribution in [3.8, 4) is 0 Å². The maximum absolute atomic E-state index is 12.1. The van der Waals surface area contributed by atoms with Crippen molar-refractivity contribution in [2.45, 2.75) is 44.4 Å². The summed E-state index contributed by atoms with van der Waals surface area (Å²) < 4.78 is 2.24. The number of nitrogens with zero attached hydrogens (tertiary/aromatic N) is 4. The van der Waals surface area contributed by atoms with Crippen LogP contribution in [0.1, 0.15) is 36.0 Å². The summed E-state index contributed by atoms with van der Waals surface area (Å²) >= 11 is 1.60. The van der Waals surface area contributed by atoms with E-state index in [2.05, 4.69) is 69.5 Å². The normalized spacial score (nSPS) is 11.2. The first kappa shape index (κ1) is 24.0. The highest BCUT2D eigenvalue weighted by Crippen LogP contribution is 2.28. The lowest BCUT2D eigenvalue weighted by Gasteiger charge is -2.09. The zero-order valence-corrected chi connectivity index (χ0v) is 21.2. The Morgan fingerprint density at radius 1 is 0.917 bits per heavy atom. The van der Waals surface area contributed by atoms with E-state index in [1.165, 1.54) is 11.1 Å². The zero-order valence-electron chi connectivity index (χ0n) is 20.4. The van der Waals surface area contributed by atoms with Crippen LogP contribution in [0.4, 0.5) is 0 Å². The van der Waals surface area contributed by atoms with Crippen LogP contribution >= 0.6 is 11.8 Å². The van der Waals surface area contributed by atoms with Crippen molar-refractivity contribution in [3.05, 3.63) is 95.6 Å². The van der Waals surface area contributed by atoms with Gasteiger partial charge in [-0.05, 0) is 42.5 Å². The largest absolute Gasteiger partial charge is 0.352 e. The van der Waals surface area contributed by atoms with Gasteiger partial charge in [0.1, 0.15) is 5.52 Å². The topological polar surface area (TPSA) is 72.7 Å². The summed E-state index contributed by atoms with van der Waals surface area (Å²) in [6.07, 6.45) is 2.27. The van der Waals surface area contributed by atoms with Crippen LogP contribution in [0.25, 0.3) is 22.1 Å². The molecule has 3 aromatic carbocycles. The van der Waals surface area contributed by atoms with E-state index in [1.807, 2.05) is 36.4 Å². The highest BCUT2D eigenvalue weighted by molar-refractivity contribution is 7.99. The number of hydrogen-bond donors (Lipinski definition) is 1. The van der Waals surface area contributed by atoms with Gasteiger partial charge in [0.15, 0.2) is 5.65 Å². The summed E-state index contributed by atoms with van der Waals surface area (Å²) in [6.45, 7) is 3.45. The third-order valence-corrected chi connectivity index (χ3v) is 7.23. The molecule has 0 saturated heterocycles. The van der Waals surface area contributed by atoms with Crippen molar-refractivity contribution in [1.29, 1.82) is 0 Å². The predicted octanol–water partition coefficient (Wildman–Crippen LogP) is 5.92. The Morgan fingerprint density at radius 2 is 1.69 bits per heavy atom. The van der Waals surface area contributed by atoms with Crippen LogP contribution in [0.2, 0.25) is 0 Å². The minimum Gasteiger partial charge on any atom is -0.352 e. The summed E-state index contributed by atoms with van der Waals surface area (Å²) in [6, 6.07) is 26.7. The Labute approximate surface area is 215 Å². The maximum atomic E-state index is 12.1. The third-order valence-electron chi connectivity index (χ3n) is 6.31. The van der Waals surface area contributed by atoms with Gasteiger partial charge in [0.2, 0.25) is 11.1 Å². The van der Waals surface area contributed by atoms with Crippen LogP contribution in [0.5, 0.6) is 0 Å². The fraction of sp³-hybridized carbons (Fsp3) is 0.241. The fourth-order valence-electron chi connectivity index (χ4n) is 4.30. The van der Waals surface area contributed by atoms with Crippen LogP contribution in [-0.2, 0) is 17.9 Å². The number of para-hydroxylation sites is 1. The second kappa shape index (κ2) is 11.4. The SMILES string of the molecule is Cc1ccccc1Cn1c2ccccc2c2nnc(SCCCCC(=O)NCc3ccccc3)nc21. The average Bonchev–Trinajstić information content (AvgIpc) is 3.22. The van der Waals surface area contributed by atoms with Crippen molar-refractivity contribution >= 4 is 39.7 Å². The van der Waals surface area contributed by atoms with Crippen molar-refractivity contribution in [3.63, 3.8) is 0 Å². The van der Waals surface area contributed by atoms with Gasteiger partial charge in [-0.25, -0.2) is 4.98 Å². The molecule has 0 saturated carbocycles. The molecule has 0 atom stereocenters. The molecule has 0 bridgehead atoms. The Kier molecular flexibility index (Phi) is 7.57. The standard InChI is InChI=1S/C29H29N5OS/c1-21-11-5-6-14-23(21)20-34-25-16-8-7-15-24(25)27-28(34)31-29(33-32-27)36-18-10-9-17-26(35)30-19-22-12-3-2-4-13-22/h2-8,11-16H,9-10,17-20H2,1H3,(H,30,35). The van der Waals surface area contributed by atoms with Gasteiger partial charge in [-0.1, -0.05) is 84.6 Å². The molecule has 1 N–H and O–H groups in total. The Morgan fingerprint density at radius 3 is 2.56 bits per heavy atom. The Bertz CT molecular complexity index is 1480. The van der Waals surface area contributed by atoms with Crippen molar-refractivity contribution in [2.75, 3.05) is 5.75 Å². The molecule has 2 aromatic heterocycles. The minimum absolute atomic E-state index is 0.0870. The first-order valence-electron chi connectivity index (χ1n) is 12.3. The van der Waals surface area contributed by atoms with E-state index in [4.69, 9.17) is 4.98 Å². The van der Waals surface area contributed by atoms with Crippen molar-refractivity contribution in [2.24, 2.45) is 0 Å². The van der Waals surface area contributed by atoms with E-state index in [0.29, 0.717) is 18.1 Å². The molecular weight excluding hydrogens is 466 g/mol. The highest BCUT2D eigenvalue weighted by atomic mass is 32.2. The number of rotatable bonds is 10. The number of carbonyl (C=O) groups is 1. The summed E-state index contributed by atoms with van der Waals surface area (Å²) in [5, 5.41) is 13.7. The molecule has 36 heavy (non-hydrogen) atoms. The zero-order chi connectivity index (χ0) is 24.7. The molecule has 2 heterocycles. The van der Waals surface area contributed by atoms with Crippen LogP contribution in [0, 0.1) is 6.92 Å². The van der Waals surface area contributed by atoms with E-state index >= 15 is 0 Å². The van der Waals surface area contributed by atoms with Gasteiger partial charge >= 0.3 is 0 Å². The molecule has 5 rings (SSSR count). The second-order valence-corrected chi connectivity index (χ2v) is 9.93. The Balaban J connectivity index is 1.22. The lowest BCUT2D eigenvalue weighted by Crippen LogP contribution is -2.22. The van der Waals surface area contributed by atoms with E-state index in [9.17, 15) is 4.79 Å². The van der Waals surface area contributed by atoms with Gasteiger partial charge in [-0.15, -0.1) is 10.2 Å². The number of aryl methyl sites for hydroxylation is 1. The predicted molar refractivity (Wildman–Crippen MR) is 146 cm³/mol. The summed E-state index contributed by atoms with van der Waals surface area (Å²) in [5.41, 5.74) is 6.43. The van der Waals surface area contributed by atoms with E-state index in [-0.39, 0.29) is 5.91 Å². The lowest BCUT2D eigenvalue weighted by molar-refractivity contribution is -0.121. The number of carbonyl (C=O) groups excluding carboxylic acids is 1. The van der Waals surface area contributed by atoms with Gasteiger partial charge < -0.3 is 9.88 Å². The molecule has 0 aliphatic heterocycles. The number of hydrogen-bond acceptors (Lipinski definition) is 5. The number of amides is 1. The van der Waals surface area contributed by atoms with Crippen LogP contribution in [0.3, 0.4) is 0 Å². The minimum atomic E-state index is 0.0870. The van der Waals surface area contributed by atoms with Crippen LogP contribution < -0.4 is 5.32 Å². The quantitative estimate of drug-likeness (QED) is 0.192. The maximum Gasteiger partial charge on any atom is 0.220 e. The smallest absolute Gasteiger partial charge is 0.220 e. The molecule has 0 radical (unpaired) electrons. The van der Waals surface area contributed by atoms with Gasteiger partial charge in [-0.3, -0.25) is 4.79 Å². The molecule has 0 aliphatic rings. The monoisotopic (exact) mass is 495 g/mol. The van der Waals surface area contributed by atoms with Gasteiger partial charge in [0, 0.05) is 30.6 Å². The first-order chi connectivity index (χ1) is 17.7. The summed E-state index contributed by atoms with van der Waals surface area (Å²) in [4.78, 5) is 17.0. The van der Waals surface area contributed by atoms with Crippen LogP contribution in [0.15, 0.2) is 84.0 Å². The third kappa shape index (κ3) is 5.57. The number of unbranched alkanes of at least 4 members (excludes halogenated alkanes) is 1. The fourth-order valence-corrected chi connectivity index (χ4v) is 5.08. The molecule has 1 amide bonds. The van der Waals surface area contributed by atoms with Gasteiger partial charge in [0.05, 0.1) is 5.52 Å². The number of thioether (sulfide) groups is 1. The molecule has 0 unspecified atom stereocenters. The Hall–Kier alpha value is -3.71. The summed E-state index contributed by atoms with van der Waals surface area (Å²) in [7, 11) is 0. The number of nitrogens with one attached hydrogen (secondary N) is 1. The number of benzene rings is 3. The lowest BCUT2D eigenvalue weighted by atomic mass is 10.1. The summed E-state index contributed by atoms with van der Waals surface area (Å²) in [5.74, 6) is 0.931. The molecule has 0 aliphatic carbocycles. The van der Waals surface area contributed by atoms with Gasteiger partial charge in [0.25, 0.3) is 0 Å². The highest BCUT2D eigenvalue weighted by Gasteiger charge is 2.15. The van der Waals surface area contributed by atoms with E-state index < -0.39 is 0 Å². The van der Waals surface area contributed by atoms with E-state index in [1.54, 1.807) is 11.8 Å². The van der Waals surface area contributed by atoms with Crippen LogP contribution in [-0.4, -0.2) is 31.4 Å². The molecule has 182 valence electrons. The number of aromatic nitrogens is 4. The molecule has 0 spiro atoms. The average molecular weight is 496 g/mol. The van der Waals surface area contributed by atoms with Crippen molar-refractivity contribution < 1.29 is 4.79 Å². The van der Waals surface area contributed by atoms with E-state index in [0.717, 1.165) is 52.8 Å². The number of fused-ring (bicyclic) bond motifs is 3.